The fourth-order valence-electron chi connectivity index (χ4n) is 3.00. The standard InChI is InChI=1S/C22H26N4O3S.C2H6.CH4/c1-16-6-5-9-20(29-15-17(23)14-24-2)21(16)28-12-13-30-22-25-18-7-3-4-8-19(18)26(22)10-11-27;1-2;/h3-9,11,14,24H,10,12-13,15,23H2,1-2H3;1-2H3;1H4/b17-14-;;. The first kappa shape index (κ1) is 27.9. The van der Waals surface area contributed by atoms with Gasteiger partial charge in [0.15, 0.2) is 16.7 Å². The van der Waals surface area contributed by atoms with Gasteiger partial charge in [-0.15, -0.1) is 0 Å². The van der Waals surface area contributed by atoms with E-state index in [2.05, 4.69) is 10.3 Å². The van der Waals surface area contributed by atoms with E-state index in [1.54, 1.807) is 25.0 Å². The molecule has 0 saturated carbocycles. The van der Waals surface area contributed by atoms with Crippen LogP contribution in [0.4, 0.5) is 0 Å². The van der Waals surface area contributed by atoms with Crippen molar-refractivity contribution in [1.29, 1.82) is 0 Å². The molecule has 0 radical (unpaired) electrons. The van der Waals surface area contributed by atoms with E-state index >= 15 is 0 Å². The predicted molar refractivity (Wildman–Crippen MR) is 138 cm³/mol. The fraction of sp³-hybridized carbons (Fsp3) is 0.360. The van der Waals surface area contributed by atoms with Crippen LogP contribution in [0.2, 0.25) is 0 Å². The highest BCUT2D eigenvalue weighted by Crippen LogP contribution is 2.31. The summed E-state index contributed by atoms with van der Waals surface area (Å²) >= 11 is 1.56. The van der Waals surface area contributed by atoms with Crippen molar-refractivity contribution in [2.24, 2.45) is 5.73 Å². The van der Waals surface area contributed by atoms with Crippen LogP contribution in [-0.2, 0) is 11.3 Å². The third kappa shape index (κ3) is 7.75. The largest absolute Gasteiger partial charge is 0.489 e. The smallest absolute Gasteiger partial charge is 0.169 e. The number of nitrogens with zero attached hydrogens (tertiary/aromatic N) is 2. The molecule has 3 rings (SSSR count). The zero-order valence-corrected chi connectivity index (χ0v) is 19.9. The molecule has 0 aliphatic carbocycles. The molecule has 0 spiro atoms. The first-order valence-corrected chi connectivity index (χ1v) is 11.6. The Morgan fingerprint density at radius 1 is 1.18 bits per heavy atom. The summed E-state index contributed by atoms with van der Waals surface area (Å²) < 4.78 is 13.8. The minimum absolute atomic E-state index is 0. The number of thioether (sulfide) groups is 1. The molecule has 0 bridgehead atoms. The van der Waals surface area contributed by atoms with E-state index in [1.807, 2.05) is 67.8 Å². The number of hydrogen-bond donors (Lipinski definition) is 2. The van der Waals surface area contributed by atoms with Crippen LogP contribution in [0.1, 0.15) is 26.8 Å². The number of nitrogens with two attached hydrogens (primary N) is 1. The molecule has 0 unspecified atom stereocenters. The number of benzene rings is 2. The molecule has 0 amide bonds. The quantitative estimate of drug-likeness (QED) is 0.236. The van der Waals surface area contributed by atoms with Gasteiger partial charge in [0.25, 0.3) is 0 Å². The van der Waals surface area contributed by atoms with E-state index in [9.17, 15) is 4.79 Å². The number of imidazole rings is 1. The molecule has 1 aromatic heterocycles. The molecule has 0 aliphatic heterocycles. The van der Waals surface area contributed by atoms with Crippen molar-refractivity contribution in [3.05, 3.63) is 59.9 Å². The maximum absolute atomic E-state index is 11.1. The molecule has 33 heavy (non-hydrogen) atoms. The van der Waals surface area contributed by atoms with Crippen molar-refractivity contribution in [2.75, 3.05) is 26.0 Å². The highest BCUT2D eigenvalue weighted by atomic mass is 32.2. The highest BCUT2D eigenvalue weighted by Gasteiger charge is 2.12. The van der Waals surface area contributed by atoms with E-state index in [4.69, 9.17) is 15.2 Å². The van der Waals surface area contributed by atoms with Crippen LogP contribution < -0.4 is 20.5 Å². The third-order valence-electron chi connectivity index (χ3n) is 4.34. The summed E-state index contributed by atoms with van der Waals surface area (Å²) in [7, 11) is 1.79. The van der Waals surface area contributed by atoms with Gasteiger partial charge >= 0.3 is 0 Å². The van der Waals surface area contributed by atoms with Gasteiger partial charge in [0.1, 0.15) is 12.9 Å². The first-order valence-electron chi connectivity index (χ1n) is 10.6. The van der Waals surface area contributed by atoms with Crippen LogP contribution in [0.5, 0.6) is 11.5 Å². The predicted octanol–water partition coefficient (Wildman–Crippen LogP) is 4.78. The summed E-state index contributed by atoms with van der Waals surface area (Å²) in [6, 6.07) is 13.6. The second kappa shape index (κ2) is 14.8. The van der Waals surface area contributed by atoms with Gasteiger partial charge < -0.3 is 29.9 Å². The minimum Gasteiger partial charge on any atom is -0.489 e. The number of aryl methyl sites for hydroxylation is 1. The van der Waals surface area contributed by atoms with Gasteiger partial charge in [-0.1, -0.05) is 57.3 Å². The average Bonchev–Trinajstić information content (AvgIpc) is 3.15. The molecule has 0 atom stereocenters. The lowest BCUT2D eigenvalue weighted by atomic mass is 10.2. The van der Waals surface area contributed by atoms with Crippen molar-refractivity contribution in [2.45, 2.75) is 39.9 Å². The number of para-hydroxylation sites is 3. The zero-order valence-electron chi connectivity index (χ0n) is 19.1. The maximum atomic E-state index is 11.1. The number of fused-ring (bicyclic) bond motifs is 1. The van der Waals surface area contributed by atoms with Gasteiger partial charge in [-0.05, 0) is 30.7 Å². The molecule has 0 aliphatic rings. The second-order valence-electron chi connectivity index (χ2n) is 6.56. The maximum Gasteiger partial charge on any atom is 0.169 e. The molecule has 3 aromatic rings. The monoisotopic (exact) mass is 472 g/mol. The topological polar surface area (TPSA) is 91.4 Å². The number of aldehydes is 1. The van der Waals surface area contributed by atoms with E-state index in [0.29, 0.717) is 29.6 Å². The SMILES string of the molecule is C.CC.CN/C=C(\N)COc1cccc(C)c1OCCSc1nc2ccccc2n1CC=O. The molecule has 8 heteroatoms. The van der Waals surface area contributed by atoms with E-state index in [-0.39, 0.29) is 20.6 Å². The van der Waals surface area contributed by atoms with Crippen molar-refractivity contribution in [3.63, 3.8) is 0 Å². The molecule has 1 heterocycles. The fourth-order valence-corrected chi connectivity index (χ4v) is 3.84. The van der Waals surface area contributed by atoms with Gasteiger partial charge in [0.05, 0.1) is 29.9 Å². The second-order valence-corrected chi connectivity index (χ2v) is 7.62. The van der Waals surface area contributed by atoms with Crippen LogP contribution in [0.3, 0.4) is 0 Å². The summed E-state index contributed by atoms with van der Waals surface area (Å²) in [5.74, 6) is 2.04. The first-order chi connectivity index (χ1) is 15.6. The number of carbonyl (C=O) groups is 1. The van der Waals surface area contributed by atoms with Crippen LogP contribution >= 0.6 is 11.8 Å². The molecule has 180 valence electrons. The van der Waals surface area contributed by atoms with Crippen LogP contribution in [0.15, 0.2) is 59.5 Å². The number of rotatable bonds is 11. The van der Waals surface area contributed by atoms with E-state index in [1.165, 1.54) is 0 Å². The Labute approximate surface area is 201 Å². The summed E-state index contributed by atoms with van der Waals surface area (Å²) in [6.07, 6.45) is 2.58. The average molecular weight is 473 g/mol. The number of carbonyl (C=O) groups excluding carboxylic acids is 1. The van der Waals surface area contributed by atoms with Gasteiger partial charge in [-0.3, -0.25) is 0 Å². The van der Waals surface area contributed by atoms with Crippen molar-refractivity contribution >= 4 is 29.1 Å². The van der Waals surface area contributed by atoms with Crippen molar-refractivity contribution in [3.8, 4) is 11.5 Å². The molecule has 7 nitrogen and oxygen atoms in total. The van der Waals surface area contributed by atoms with Crippen LogP contribution in [0, 0.1) is 6.92 Å². The lowest BCUT2D eigenvalue weighted by Gasteiger charge is -2.15. The van der Waals surface area contributed by atoms with Crippen molar-refractivity contribution in [1.82, 2.24) is 14.9 Å². The molecular formula is C25H36N4O3S. The minimum atomic E-state index is 0. The molecule has 2 aromatic carbocycles. The Morgan fingerprint density at radius 2 is 1.94 bits per heavy atom. The Morgan fingerprint density at radius 3 is 2.67 bits per heavy atom. The summed E-state index contributed by atoms with van der Waals surface area (Å²) in [6.45, 7) is 7.00. The molecule has 0 fully saturated rings. The molecule has 0 saturated heterocycles. The number of ether oxygens (including phenoxy) is 2. The molecular weight excluding hydrogens is 436 g/mol. The Bertz CT molecular complexity index is 1030. The normalized spacial score (nSPS) is 10.6. The number of hydrogen-bond acceptors (Lipinski definition) is 7. The zero-order chi connectivity index (χ0) is 23.3. The van der Waals surface area contributed by atoms with Crippen molar-refractivity contribution < 1.29 is 14.3 Å². The Balaban J connectivity index is 0.00000177. The van der Waals surface area contributed by atoms with Gasteiger partial charge in [-0.25, -0.2) is 4.98 Å². The summed E-state index contributed by atoms with van der Waals surface area (Å²) in [4.78, 5) is 15.7. The van der Waals surface area contributed by atoms with Crippen LogP contribution in [-0.4, -0.2) is 41.9 Å². The Kier molecular flexibility index (Phi) is 12.5. The summed E-state index contributed by atoms with van der Waals surface area (Å²) in [5, 5.41) is 3.68. The van der Waals surface area contributed by atoms with E-state index in [0.717, 1.165) is 28.0 Å². The third-order valence-corrected chi connectivity index (χ3v) is 5.28. The number of aromatic nitrogens is 2. The lowest BCUT2D eigenvalue weighted by molar-refractivity contribution is -0.108. The Hall–Kier alpha value is -3.13. The van der Waals surface area contributed by atoms with Gasteiger partial charge in [-0.2, -0.15) is 0 Å². The van der Waals surface area contributed by atoms with Gasteiger partial charge in [0, 0.05) is 19.0 Å². The van der Waals surface area contributed by atoms with Crippen LogP contribution in [0.25, 0.3) is 11.0 Å². The summed E-state index contributed by atoms with van der Waals surface area (Å²) in [5.41, 5.74) is 9.29. The van der Waals surface area contributed by atoms with Gasteiger partial charge in [0.2, 0.25) is 0 Å². The highest BCUT2D eigenvalue weighted by molar-refractivity contribution is 7.99. The lowest BCUT2D eigenvalue weighted by Crippen LogP contribution is -2.13. The number of nitrogens with one attached hydrogen (secondary N) is 1. The molecule has 3 N–H and O–H groups in total. The van der Waals surface area contributed by atoms with E-state index < -0.39 is 0 Å².